The highest BCUT2D eigenvalue weighted by atomic mass is 16.4. The van der Waals surface area contributed by atoms with Crippen LogP contribution < -0.4 is 21.8 Å². The van der Waals surface area contributed by atoms with Crippen LogP contribution in [0.2, 0.25) is 0 Å². The molecule has 0 spiro atoms. The minimum absolute atomic E-state index is 0.334. The Morgan fingerprint density at radius 2 is 2.09 bits per heavy atom. The molecule has 0 aliphatic carbocycles. The Kier molecular flexibility index (Phi) is 5.74. The van der Waals surface area contributed by atoms with Crippen molar-refractivity contribution in [2.24, 2.45) is 5.73 Å². The molecule has 0 saturated carbocycles. The van der Waals surface area contributed by atoms with E-state index in [0.717, 1.165) is 35.6 Å². The quantitative estimate of drug-likeness (QED) is 0.257. The van der Waals surface area contributed by atoms with Crippen LogP contribution in [0.4, 0.5) is 5.82 Å². The second-order valence-electron chi connectivity index (χ2n) is 8.25. The normalized spacial score (nSPS) is 13.0. The molecule has 1 aromatic carbocycles. The van der Waals surface area contributed by atoms with Gasteiger partial charge >= 0.3 is 7.12 Å². The average Bonchev–Trinajstić information content (AvgIpc) is 3.18. The van der Waals surface area contributed by atoms with E-state index >= 15 is 0 Å². The van der Waals surface area contributed by atoms with E-state index in [4.69, 9.17) is 15.7 Å². The van der Waals surface area contributed by atoms with Crippen molar-refractivity contribution in [3.8, 4) is 11.5 Å². The average molecular weight is 457 g/mol. The number of primary amides is 1. The summed E-state index contributed by atoms with van der Waals surface area (Å²) in [6, 6.07) is 10.5. The number of nitrogens with zero attached hydrogens (tertiary/aromatic N) is 4. The topological polar surface area (TPSA) is 151 Å². The van der Waals surface area contributed by atoms with Gasteiger partial charge in [-0.25, -0.2) is 15.0 Å². The lowest BCUT2D eigenvalue weighted by molar-refractivity contribution is 0.100. The molecule has 10 nitrogen and oxygen atoms in total. The Hall–Kier alpha value is -3.80. The molecule has 0 bridgehead atoms. The number of fused-ring (bicyclic) bond motifs is 2. The van der Waals surface area contributed by atoms with E-state index in [0.29, 0.717) is 47.0 Å². The van der Waals surface area contributed by atoms with Gasteiger partial charge in [-0.05, 0) is 43.0 Å². The van der Waals surface area contributed by atoms with Gasteiger partial charge in [0.15, 0.2) is 5.82 Å². The Morgan fingerprint density at radius 3 is 2.88 bits per heavy atom. The summed E-state index contributed by atoms with van der Waals surface area (Å²) < 4.78 is 1.79. The molecule has 11 heteroatoms. The van der Waals surface area contributed by atoms with Crippen LogP contribution in [0.15, 0.2) is 42.6 Å². The molecule has 1 aliphatic heterocycles. The van der Waals surface area contributed by atoms with Gasteiger partial charge in [-0.3, -0.25) is 9.20 Å². The standard InChI is InChI=1S/C23H24BN7O3/c1-13-19(31-9-3-6-17(20(25)32)23(31)28-13)22-29-18-12-26-8-7-16(18)21(30-22)27-11-14-4-2-5-15(10-14)24(33)34/h2-6,9-10,26,33-34H,7-8,11-12H2,1H3,(H2,25,32)(H,27,29,30). The fourth-order valence-electron chi connectivity index (χ4n) is 4.30. The number of nitrogens with two attached hydrogens (primary N) is 1. The minimum atomic E-state index is -1.52. The molecule has 0 saturated heterocycles. The smallest absolute Gasteiger partial charge is 0.423 e. The molecular weight excluding hydrogens is 433 g/mol. The molecule has 1 amide bonds. The largest absolute Gasteiger partial charge is 0.488 e. The molecule has 4 aromatic rings. The number of anilines is 1. The van der Waals surface area contributed by atoms with Crippen LogP contribution in [0.5, 0.6) is 0 Å². The maximum atomic E-state index is 11.9. The molecule has 0 atom stereocenters. The molecule has 0 fully saturated rings. The molecule has 6 N–H and O–H groups in total. The van der Waals surface area contributed by atoms with Gasteiger partial charge in [0.05, 0.1) is 17.0 Å². The number of amides is 1. The van der Waals surface area contributed by atoms with E-state index in [2.05, 4.69) is 15.6 Å². The number of aryl methyl sites for hydroxylation is 1. The van der Waals surface area contributed by atoms with E-state index in [1.54, 1.807) is 34.7 Å². The molecule has 1 aliphatic rings. The van der Waals surface area contributed by atoms with E-state index in [1.807, 2.05) is 19.2 Å². The number of carbonyl (C=O) groups excluding carboxylic acids is 1. The van der Waals surface area contributed by atoms with Gasteiger partial charge in [0.2, 0.25) is 0 Å². The van der Waals surface area contributed by atoms with Crippen LogP contribution in [0, 0.1) is 6.92 Å². The predicted octanol–water partition coefficient (Wildman–Crippen LogP) is 0.136. The van der Waals surface area contributed by atoms with Gasteiger partial charge in [-0.2, -0.15) is 0 Å². The number of nitrogens with one attached hydrogen (secondary N) is 2. The van der Waals surface area contributed by atoms with Crippen LogP contribution >= 0.6 is 0 Å². The van der Waals surface area contributed by atoms with Gasteiger partial charge < -0.3 is 26.4 Å². The second kappa shape index (κ2) is 8.86. The monoisotopic (exact) mass is 457 g/mol. The van der Waals surface area contributed by atoms with Crippen molar-refractivity contribution < 1.29 is 14.8 Å². The minimum Gasteiger partial charge on any atom is -0.423 e. The Labute approximate surface area is 196 Å². The van der Waals surface area contributed by atoms with Crippen molar-refractivity contribution in [3.63, 3.8) is 0 Å². The highest BCUT2D eigenvalue weighted by Crippen LogP contribution is 2.28. The predicted molar refractivity (Wildman–Crippen MR) is 128 cm³/mol. The summed E-state index contributed by atoms with van der Waals surface area (Å²) in [4.78, 5) is 26.2. The number of hydrogen-bond donors (Lipinski definition) is 5. The summed E-state index contributed by atoms with van der Waals surface area (Å²) in [7, 11) is -1.52. The molecule has 34 heavy (non-hydrogen) atoms. The first-order valence-corrected chi connectivity index (χ1v) is 11.0. The third-order valence-corrected chi connectivity index (χ3v) is 5.95. The maximum absolute atomic E-state index is 11.9. The highest BCUT2D eigenvalue weighted by molar-refractivity contribution is 6.58. The summed E-state index contributed by atoms with van der Waals surface area (Å²) in [5.74, 6) is 0.670. The second-order valence-corrected chi connectivity index (χ2v) is 8.25. The lowest BCUT2D eigenvalue weighted by atomic mass is 9.79. The van der Waals surface area contributed by atoms with Crippen LogP contribution in [0.1, 0.15) is 32.9 Å². The lowest BCUT2D eigenvalue weighted by Crippen LogP contribution is -2.30. The zero-order chi connectivity index (χ0) is 23.8. The number of aromatic nitrogens is 4. The van der Waals surface area contributed by atoms with E-state index in [9.17, 15) is 14.8 Å². The van der Waals surface area contributed by atoms with Crippen LogP contribution in [0.25, 0.3) is 17.2 Å². The molecule has 4 heterocycles. The van der Waals surface area contributed by atoms with Crippen LogP contribution in [0.3, 0.4) is 0 Å². The van der Waals surface area contributed by atoms with Crippen molar-refractivity contribution in [1.82, 2.24) is 24.7 Å². The maximum Gasteiger partial charge on any atom is 0.488 e. The summed E-state index contributed by atoms with van der Waals surface area (Å²) >= 11 is 0. The van der Waals surface area contributed by atoms with Gasteiger partial charge in [0, 0.05) is 24.8 Å². The molecule has 5 rings (SSSR count). The van der Waals surface area contributed by atoms with Gasteiger partial charge in [-0.1, -0.05) is 24.3 Å². The van der Waals surface area contributed by atoms with E-state index in [1.165, 1.54) is 0 Å². The zero-order valence-electron chi connectivity index (χ0n) is 18.6. The molecule has 0 radical (unpaired) electrons. The Balaban J connectivity index is 1.57. The number of imidazole rings is 1. The first-order valence-electron chi connectivity index (χ1n) is 11.0. The number of pyridine rings is 1. The van der Waals surface area contributed by atoms with Crippen molar-refractivity contribution in [2.75, 3.05) is 11.9 Å². The third-order valence-electron chi connectivity index (χ3n) is 5.95. The molecule has 172 valence electrons. The van der Waals surface area contributed by atoms with Crippen molar-refractivity contribution in [2.45, 2.75) is 26.4 Å². The first kappa shape index (κ1) is 22.0. The van der Waals surface area contributed by atoms with Gasteiger partial charge in [0.25, 0.3) is 5.91 Å². The van der Waals surface area contributed by atoms with Crippen molar-refractivity contribution in [3.05, 3.63) is 70.7 Å². The number of hydrogen-bond acceptors (Lipinski definition) is 8. The van der Waals surface area contributed by atoms with Gasteiger partial charge in [-0.15, -0.1) is 0 Å². The molecule has 0 unspecified atom stereocenters. The number of rotatable bonds is 6. The molecular formula is C23H24BN7O3. The van der Waals surface area contributed by atoms with Crippen molar-refractivity contribution in [1.29, 1.82) is 0 Å². The van der Waals surface area contributed by atoms with Crippen LogP contribution in [-0.4, -0.2) is 49.0 Å². The van der Waals surface area contributed by atoms with Crippen molar-refractivity contribution >= 4 is 30.0 Å². The number of benzene rings is 1. The molecule has 3 aromatic heterocycles. The first-order chi connectivity index (χ1) is 16.4. The number of carbonyl (C=O) groups is 1. The fourth-order valence-corrected chi connectivity index (χ4v) is 4.30. The summed E-state index contributed by atoms with van der Waals surface area (Å²) in [6.07, 6.45) is 2.60. The van der Waals surface area contributed by atoms with Crippen LogP contribution in [-0.2, 0) is 19.5 Å². The fraction of sp³-hybridized carbons (Fsp3) is 0.217. The SMILES string of the molecule is Cc1nc2c(C(N)=O)cccn2c1-c1nc2c(c(NCc3cccc(B(O)O)c3)n1)CCNC2. The van der Waals surface area contributed by atoms with E-state index in [-0.39, 0.29) is 0 Å². The summed E-state index contributed by atoms with van der Waals surface area (Å²) in [5, 5.41) is 25.7. The Morgan fingerprint density at radius 1 is 1.24 bits per heavy atom. The zero-order valence-corrected chi connectivity index (χ0v) is 18.6. The highest BCUT2D eigenvalue weighted by Gasteiger charge is 2.23. The summed E-state index contributed by atoms with van der Waals surface area (Å²) in [6.45, 7) is 3.75. The lowest BCUT2D eigenvalue weighted by Gasteiger charge is -2.21. The Bertz CT molecular complexity index is 1400. The summed E-state index contributed by atoms with van der Waals surface area (Å²) in [5.41, 5.74) is 11.0. The van der Waals surface area contributed by atoms with Gasteiger partial charge in [0.1, 0.15) is 17.2 Å². The third kappa shape index (κ3) is 4.00. The van der Waals surface area contributed by atoms with E-state index < -0.39 is 13.0 Å².